The maximum Gasteiger partial charge on any atom is 0.211 e. The average molecular weight is 481 g/mol. The SMILES string of the molecule is N#CNC1=NC(c2cc(Cl)ccc2OCc2ccc(F)c(F)c2)c2c(nc(N)c(C#N)c2N)N1. The molecular formula is C22H15ClF2N8O. The number of nitrogens with one attached hydrogen (secondary N) is 2. The number of benzene rings is 2. The maximum absolute atomic E-state index is 13.6. The van der Waals surface area contributed by atoms with Gasteiger partial charge in [-0.3, -0.25) is 5.32 Å². The van der Waals surface area contributed by atoms with Crippen molar-refractivity contribution in [3.05, 3.63) is 75.3 Å². The van der Waals surface area contributed by atoms with E-state index in [9.17, 15) is 14.0 Å². The second kappa shape index (κ2) is 9.10. The Kier molecular flexibility index (Phi) is 6.04. The van der Waals surface area contributed by atoms with E-state index in [4.69, 9.17) is 33.1 Å². The molecule has 9 nitrogen and oxygen atoms in total. The van der Waals surface area contributed by atoms with Crippen LogP contribution in [0.4, 0.5) is 26.1 Å². The minimum Gasteiger partial charge on any atom is -0.489 e. The first-order valence-corrected chi connectivity index (χ1v) is 10.0. The summed E-state index contributed by atoms with van der Waals surface area (Å²) in [6, 6.07) is 9.20. The molecule has 34 heavy (non-hydrogen) atoms. The van der Waals surface area contributed by atoms with Gasteiger partial charge in [0.05, 0.1) is 5.69 Å². The molecule has 0 saturated heterocycles. The van der Waals surface area contributed by atoms with Gasteiger partial charge in [-0.2, -0.15) is 10.5 Å². The van der Waals surface area contributed by atoms with Crippen LogP contribution in [0.25, 0.3) is 0 Å². The van der Waals surface area contributed by atoms with Crippen LogP contribution in [0.5, 0.6) is 5.75 Å². The molecule has 2 aromatic carbocycles. The summed E-state index contributed by atoms with van der Waals surface area (Å²) in [6.07, 6.45) is 1.77. The van der Waals surface area contributed by atoms with E-state index in [1.165, 1.54) is 6.07 Å². The Morgan fingerprint density at radius 3 is 2.65 bits per heavy atom. The van der Waals surface area contributed by atoms with E-state index in [1.807, 2.05) is 6.07 Å². The van der Waals surface area contributed by atoms with Gasteiger partial charge in [0.15, 0.2) is 17.8 Å². The van der Waals surface area contributed by atoms with Gasteiger partial charge in [-0.1, -0.05) is 17.7 Å². The van der Waals surface area contributed by atoms with Crippen LogP contribution in [-0.2, 0) is 6.61 Å². The second-order valence-electron chi connectivity index (χ2n) is 7.12. The highest BCUT2D eigenvalue weighted by Gasteiger charge is 2.31. The first kappa shape index (κ1) is 22.6. The molecule has 4 rings (SSSR count). The Balaban J connectivity index is 1.82. The number of nitrogens with two attached hydrogens (primary N) is 2. The van der Waals surface area contributed by atoms with E-state index in [-0.39, 0.29) is 35.5 Å². The molecule has 1 aliphatic rings. The summed E-state index contributed by atoms with van der Waals surface area (Å²) in [5, 5.41) is 24.1. The van der Waals surface area contributed by atoms with Crippen molar-refractivity contribution < 1.29 is 13.5 Å². The third kappa shape index (κ3) is 4.20. The number of aliphatic imine (C=N–C) groups is 1. The molecule has 170 valence electrons. The number of hydrogen-bond acceptors (Lipinski definition) is 9. The Hall–Kier alpha value is -4.61. The number of rotatable bonds is 4. The minimum absolute atomic E-state index is 0.0243. The van der Waals surface area contributed by atoms with E-state index >= 15 is 0 Å². The Morgan fingerprint density at radius 1 is 1.15 bits per heavy atom. The lowest BCUT2D eigenvalue weighted by Gasteiger charge is -2.27. The average Bonchev–Trinajstić information content (AvgIpc) is 2.80. The van der Waals surface area contributed by atoms with Crippen molar-refractivity contribution in [3.8, 4) is 18.0 Å². The fraction of sp³-hybridized carbons (Fsp3) is 0.0909. The molecule has 6 N–H and O–H groups in total. The lowest BCUT2D eigenvalue weighted by Crippen LogP contribution is -2.32. The van der Waals surface area contributed by atoms with Gasteiger partial charge in [0.25, 0.3) is 0 Å². The Bertz CT molecular complexity index is 1410. The number of halogens is 3. The molecule has 1 aromatic heterocycles. The number of anilines is 3. The maximum atomic E-state index is 13.6. The molecule has 0 bridgehead atoms. The zero-order valence-corrected chi connectivity index (χ0v) is 18.0. The molecule has 1 atom stereocenters. The van der Waals surface area contributed by atoms with Crippen molar-refractivity contribution in [2.45, 2.75) is 12.6 Å². The molecule has 1 aliphatic heterocycles. The van der Waals surface area contributed by atoms with Crippen LogP contribution < -0.4 is 26.8 Å². The van der Waals surface area contributed by atoms with Crippen LogP contribution in [0.1, 0.15) is 28.3 Å². The van der Waals surface area contributed by atoms with Gasteiger partial charge >= 0.3 is 0 Å². The molecule has 1 unspecified atom stereocenters. The number of pyridine rings is 1. The molecule has 2 heterocycles. The number of guanidine groups is 1. The predicted octanol–water partition coefficient (Wildman–Crippen LogP) is 3.57. The number of nitrogens with zero attached hydrogens (tertiary/aromatic N) is 4. The van der Waals surface area contributed by atoms with Crippen LogP contribution in [-0.4, -0.2) is 10.9 Å². The Labute approximate surface area is 197 Å². The number of nitrogen functional groups attached to an aromatic ring is 2. The number of aromatic nitrogens is 1. The number of ether oxygens (including phenoxy) is 1. The normalized spacial score (nSPS) is 14.1. The second-order valence-corrected chi connectivity index (χ2v) is 7.56. The standard InChI is InChI=1S/C22H15ClF2N8O/c23-11-2-4-16(34-8-10-1-3-14(24)15(25)5-10)12(6-11)19-17-18(28)13(7-26)20(29)32-21(17)33-22(31-19)30-9-27/h1-6,19H,8H2,(H6,28,29,30,31,32,33). The van der Waals surface area contributed by atoms with E-state index in [2.05, 4.69) is 20.6 Å². The number of nitriles is 2. The van der Waals surface area contributed by atoms with Crippen LogP contribution >= 0.6 is 11.6 Å². The molecule has 0 spiro atoms. The largest absolute Gasteiger partial charge is 0.489 e. The summed E-state index contributed by atoms with van der Waals surface area (Å²) < 4.78 is 32.7. The molecule has 0 aliphatic carbocycles. The first-order chi connectivity index (χ1) is 16.3. The van der Waals surface area contributed by atoms with E-state index in [1.54, 1.807) is 24.4 Å². The van der Waals surface area contributed by atoms with Gasteiger partial charge in [0, 0.05) is 16.1 Å². The summed E-state index contributed by atoms with van der Waals surface area (Å²) in [5.74, 6) is -1.50. The van der Waals surface area contributed by atoms with Crippen molar-refractivity contribution in [2.75, 3.05) is 16.8 Å². The summed E-state index contributed by atoms with van der Waals surface area (Å²) in [7, 11) is 0. The molecule has 0 amide bonds. The summed E-state index contributed by atoms with van der Waals surface area (Å²) in [6.45, 7) is -0.0877. The quantitative estimate of drug-likeness (QED) is 0.326. The first-order valence-electron chi connectivity index (χ1n) is 9.67. The van der Waals surface area contributed by atoms with Gasteiger partial charge in [-0.25, -0.2) is 18.8 Å². The van der Waals surface area contributed by atoms with Gasteiger partial charge in [-0.15, -0.1) is 0 Å². The highest BCUT2D eigenvalue weighted by atomic mass is 35.5. The predicted molar refractivity (Wildman–Crippen MR) is 122 cm³/mol. The van der Waals surface area contributed by atoms with E-state index in [0.717, 1.165) is 12.1 Å². The van der Waals surface area contributed by atoms with Crippen LogP contribution in [0.3, 0.4) is 0 Å². The lowest BCUT2D eigenvalue weighted by atomic mass is 9.94. The van der Waals surface area contributed by atoms with Gasteiger partial charge in [0.2, 0.25) is 5.96 Å². The minimum atomic E-state index is -0.998. The Morgan fingerprint density at radius 2 is 1.94 bits per heavy atom. The number of hydrogen-bond donors (Lipinski definition) is 4. The molecule has 0 saturated carbocycles. The van der Waals surface area contributed by atoms with Crippen molar-refractivity contribution in [1.29, 1.82) is 10.5 Å². The van der Waals surface area contributed by atoms with Crippen molar-refractivity contribution in [1.82, 2.24) is 10.3 Å². The summed E-state index contributed by atoms with van der Waals surface area (Å²) in [5.41, 5.74) is 13.3. The van der Waals surface area contributed by atoms with E-state index in [0.29, 0.717) is 27.5 Å². The third-order valence-electron chi connectivity index (χ3n) is 5.00. The van der Waals surface area contributed by atoms with Crippen molar-refractivity contribution >= 4 is 34.9 Å². The summed E-state index contributed by atoms with van der Waals surface area (Å²) >= 11 is 6.24. The van der Waals surface area contributed by atoms with Gasteiger partial charge in [-0.05, 0) is 35.9 Å². The third-order valence-corrected chi connectivity index (χ3v) is 5.24. The fourth-order valence-corrected chi connectivity index (χ4v) is 3.64. The summed E-state index contributed by atoms with van der Waals surface area (Å²) in [4.78, 5) is 8.69. The van der Waals surface area contributed by atoms with Gasteiger partial charge in [0.1, 0.15) is 41.7 Å². The number of fused-ring (bicyclic) bond motifs is 1. The highest BCUT2D eigenvalue weighted by molar-refractivity contribution is 6.30. The van der Waals surface area contributed by atoms with Crippen molar-refractivity contribution in [3.63, 3.8) is 0 Å². The molecule has 0 radical (unpaired) electrons. The van der Waals surface area contributed by atoms with Crippen LogP contribution in [0.2, 0.25) is 5.02 Å². The van der Waals surface area contributed by atoms with Crippen LogP contribution in [0.15, 0.2) is 41.4 Å². The zero-order valence-electron chi connectivity index (χ0n) is 17.2. The van der Waals surface area contributed by atoms with Crippen LogP contribution in [0, 0.1) is 34.4 Å². The van der Waals surface area contributed by atoms with E-state index < -0.39 is 17.7 Å². The monoisotopic (exact) mass is 480 g/mol. The topological polar surface area (TPSA) is 158 Å². The molecular weight excluding hydrogens is 466 g/mol. The lowest BCUT2D eigenvalue weighted by molar-refractivity contribution is 0.301. The highest BCUT2D eigenvalue weighted by Crippen LogP contribution is 2.44. The zero-order chi connectivity index (χ0) is 24.4. The fourth-order valence-electron chi connectivity index (χ4n) is 3.46. The molecule has 0 fully saturated rings. The van der Waals surface area contributed by atoms with Gasteiger partial charge < -0.3 is 21.5 Å². The molecule has 3 aromatic rings. The smallest absolute Gasteiger partial charge is 0.211 e. The molecule has 12 heteroatoms. The van der Waals surface area contributed by atoms with Crippen molar-refractivity contribution in [2.24, 2.45) is 4.99 Å².